The second kappa shape index (κ2) is 9.98. The maximum atomic E-state index is 12.4. The molecule has 32 heavy (non-hydrogen) atoms. The third-order valence-electron chi connectivity index (χ3n) is 3.84. The van der Waals surface area contributed by atoms with Crippen LogP contribution in [0.1, 0.15) is 21.6 Å². The average molecular weight is 460 g/mol. The Kier molecular flexibility index (Phi) is 7.12. The summed E-state index contributed by atoms with van der Waals surface area (Å²) < 4.78 is 49.2. The van der Waals surface area contributed by atoms with E-state index in [4.69, 9.17) is 9.84 Å². The first-order valence-electron chi connectivity index (χ1n) is 8.92. The summed E-state index contributed by atoms with van der Waals surface area (Å²) in [4.78, 5) is 15.4. The number of alkyl halides is 3. The van der Waals surface area contributed by atoms with Gasteiger partial charge >= 0.3 is 12.3 Å². The summed E-state index contributed by atoms with van der Waals surface area (Å²) in [5.41, 5.74) is 1.40. The number of aromatic nitrogens is 1. The molecule has 6 nitrogen and oxygen atoms in total. The number of rotatable bonds is 6. The lowest BCUT2D eigenvalue weighted by molar-refractivity contribution is -0.274. The highest BCUT2D eigenvalue weighted by atomic mass is 32.2. The summed E-state index contributed by atoms with van der Waals surface area (Å²) in [6.45, 7) is 0. The number of methoxy groups -OCH3 is 1. The smallest absolute Gasteiger partial charge is 0.495 e. The molecular formula is C22H15F3N2O4S. The first-order chi connectivity index (χ1) is 15.2. The maximum absolute atomic E-state index is 12.4. The Hall–Kier alpha value is -3.84. The molecule has 0 atom stereocenters. The van der Waals surface area contributed by atoms with E-state index >= 15 is 0 Å². The molecule has 0 aliphatic carbocycles. The molecule has 0 amide bonds. The molecule has 1 aromatic heterocycles. The van der Waals surface area contributed by atoms with Crippen LogP contribution in [0.15, 0.2) is 65.7 Å². The molecule has 0 aliphatic rings. The topological polar surface area (TPSA) is 80.7 Å². The van der Waals surface area contributed by atoms with Crippen LogP contribution < -0.4 is 14.2 Å². The van der Waals surface area contributed by atoms with Crippen molar-refractivity contribution in [3.63, 3.8) is 0 Å². The van der Waals surface area contributed by atoms with Crippen LogP contribution >= 0.6 is 11.9 Å². The van der Waals surface area contributed by atoms with Crippen LogP contribution in [0.4, 0.5) is 18.9 Å². The monoisotopic (exact) mass is 460 g/mol. The number of nitrogens with one attached hydrogen (secondary N) is 1. The van der Waals surface area contributed by atoms with E-state index in [-0.39, 0.29) is 11.3 Å². The van der Waals surface area contributed by atoms with Gasteiger partial charge in [0.2, 0.25) is 0 Å². The fourth-order valence-corrected chi connectivity index (χ4v) is 3.14. The first-order valence-corrected chi connectivity index (χ1v) is 9.74. The van der Waals surface area contributed by atoms with E-state index in [1.807, 2.05) is 0 Å². The summed E-state index contributed by atoms with van der Waals surface area (Å²) in [6.07, 6.45) is -4.78. The Labute approximate surface area is 185 Å². The zero-order valence-electron chi connectivity index (χ0n) is 16.4. The van der Waals surface area contributed by atoms with E-state index in [2.05, 4.69) is 26.3 Å². The SMILES string of the molecule is COc1cc(C(=O)O)ccc1NSc1cccc(C#Cc2cccc(OC(F)(F)F)c2)n1. The van der Waals surface area contributed by atoms with Crippen molar-refractivity contribution in [2.75, 3.05) is 11.8 Å². The van der Waals surface area contributed by atoms with Gasteiger partial charge in [0.1, 0.15) is 22.2 Å². The normalized spacial score (nSPS) is 10.6. The lowest BCUT2D eigenvalue weighted by atomic mass is 10.2. The lowest BCUT2D eigenvalue weighted by Crippen LogP contribution is -2.17. The zero-order chi connectivity index (χ0) is 23.1. The number of hydrogen-bond acceptors (Lipinski definition) is 6. The van der Waals surface area contributed by atoms with Crippen molar-refractivity contribution >= 4 is 23.6 Å². The Balaban J connectivity index is 1.71. The van der Waals surface area contributed by atoms with E-state index < -0.39 is 12.3 Å². The van der Waals surface area contributed by atoms with Gasteiger partial charge in [0.15, 0.2) is 0 Å². The summed E-state index contributed by atoms with van der Waals surface area (Å²) in [6, 6.07) is 14.9. The summed E-state index contributed by atoms with van der Waals surface area (Å²) in [5, 5.41) is 9.64. The van der Waals surface area contributed by atoms with Crippen molar-refractivity contribution in [3.05, 3.63) is 77.5 Å². The molecule has 0 saturated heterocycles. The van der Waals surface area contributed by atoms with Gasteiger partial charge in [-0.3, -0.25) is 0 Å². The van der Waals surface area contributed by atoms with E-state index in [0.717, 1.165) is 11.9 Å². The van der Waals surface area contributed by atoms with Gasteiger partial charge in [0.05, 0.1) is 18.4 Å². The highest BCUT2D eigenvalue weighted by Crippen LogP contribution is 2.30. The molecule has 10 heteroatoms. The van der Waals surface area contributed by atoms with Gasteiger partial charge in [-0.15, -0.1) is 13.2 Å². The number of carboxylic acids is 1. The van der Waals surface area contributed by atoms with Crippen molar-refractivity contribution in [1.82, 2.24) is 4.98 Å². The summed E-state index contributed by atoms with van der Waals surface area (Å²) >= 11 is 1.16. The molecule has 0 bridgehead atoms. The van der Waals surface area contributed by atoms with Crippen molar-refractivity contribution in [1.29, 1.82) is 0 Å². The molecule has 164 valence electrons. The van der Waals surface area contributed by atoms with E-state index in [1.54, 1.807) is 30.3 Å². The molecule has 0 radical (unpaired) electrons. The minimum Gasteiger partial charge on any atom is -0.495 e. The molecule has 1 heterocycles. The third-order valence-corrected chi connectivity index (χ3v) is 4.60. The Morgan fingerprint density at radius 2 is 1.88 bits per heavy atom. The molecule has 3 rings (SSSR count). The number of carbonyl (C=O) groups is 1. The minimum absolute atomic E-state index is 0.0949. The zero-order valence-corrected chi connectivity index (χ0v) is 17.3. The third kappa shape index (κ3) is 6.58. The first kappa shape index (κ1) is 22.8. The quantitative estimate of drug-likeness (QED) is 0.386. The molecule has 2 aromatic carbocycles. The summed E-state index contributed by atoms with van der Waals surface area (Å²) in [5.74, 6) is 4.50. The number of aromatic carboxylic acids is 1. The number of pyridine rings is 1. The average Bonchev–Trinajstić information content (AvgIpc) is 2.75. The van der Waals surface area contributed by atoms with Crippen molar-refractivity contribution in [2.24, 2.45) is 0 Å². The number of nitrogens with zero attached hydrogens (tertiary/aromatic N) is 1. The van der Waals surface area contributed by atoms with Gasteiger partial charge in [0, 0.05) is 17.5 Å². The van der Waals surface area contributed by atoms with E-state index in [0.29, 0.717) is 27.7 Å². The van der Waals surface area contributed by atoms with Crippen molar-refractivity contribution < 1.29 is 32.5 Å². The molecule has 0 fully saturated rings. The highest BCUT2D eigenvalue weighted by molar-refractivity contribution is 8.00. The van der Waals surface area contributed by atoms with E-state index in [9.17, 15) is 18.0 Å². The van der Waals surface area contributed by atoms with Gasteiger partial charge in [-0.1, -0.05) is 18.1 Å². The van der Waals surface area contributed by atoms with Crippen LogP contribution in [-0.4, -0.2) is 29.5 Å². The Bertz CT molecular complexity index is 1190. The number of benzene rings is 2. The lowest BCUT2D eigenvalue weighted by Gasteiger charge is -2.10. The molecular weight excluding hydrogens is 445 g/mol. The number of carboxylic acid groups (broad SMARTS) is 1. The van der Waals surface area contributed by atoms with Gasteiger partial charge in [-0.05, 0) is 54.5 Å². The van der Waals surface area contributed by atoms with Gasteiger partial charge in [-0.25, -0.2) is 9.78 Å². The van der Waals surface area contributed by atoms with Gasteiger partial charge in [-0.2, -0.15) is 0 Å². The molecule has 0 unspecified atom stereocenters. The molecule has 2 N–H and O–H groups in total. The molecule has 0 aliphatic heterocycles. The van der Waals surface area contributed by atoms with Gasteiger partial charge in [0.25, 0.3) is 0 Å². The maximum Gasteiger partial charge on any atom is 0.573 e. The van der Waals surface area contributed by atoms with Crippen LogP contribution in [0.5, 0.6) is 11.5 Å². The Morgan fingerprint density at radius 1 is 1.09 bits per heavy atom. The fourth-order valence-electron chi connectivity index (χ4n) is 2.46. The fraction of sp³-hybridized carbons (Fsp3) is 0.0909. The Morgan fingerprint density at radius 3 is 2.59 bits per heavy atom. The number of hydrogen-bond donors (Lipinski definition) is 2. The second-order valence-electron chi connectivity index (χ2n) is 6.11. The number of halogens is 3. The highest BCUT2D eigenvalue weighted by Gasteiger charge is 2.31. The predicted octanol–water partition coefficient (Wildman–Crippen LogP) is 5.21. The van der Waals surface area contributed by atoms with Gasteiger partial charge < -0.3 is 19.3 Å². The largest absolute Gasteiger partial charge is 0.573 e. The second-order valence-corrected chi connectivity index (χ2v) is 6.94. The number of anilines is 1. The van der Waals surface area contributed by atoms with E-state index in [1.165, 1.54) is 37.4 Å². The predicted molar refractivity (Wildman–Crippen MR) is 113 cm³/mol. The minimum atomic E-state index is -4.78. The molecule has 0 saturated carbocycles. The molecule has 3 aromatic rings. The molecule has 0 spiro atoms. The van der Waals surface area contributed by atoms with Crippen molar-refractivity contribution in [2.45, 2.75) is 11.4 Å². The van der Waals surface area contributed by atoms with Crippen molar-refractivity contribution in [3.8, 4) is 23.3 Å². The van der Waals surface area contributed by atoms with Crippen LogP contribution in [-0.2, 0) is 0 Å². The van der Waals surface area contributed by atoms with Crippen LogP contribution in [0, 0.1) is 11.8 Å². The van der Waals surface area contributed by atoms with Crippen LogP contribution in [0.25, 0.3) is 0 Å². The van der Waals surface area contributed by atoms with Crippen LogP contribution in [0.3, 0.4) is 0 Å². The summed E-state index contributed by atoms with van der Waals surface area (Å²) in [7, 11) is 1.43. The van der Waals surface area contributed by atoms with Crippen LogP contribution in [0.2, 0.25) is 0 Å². The number of ether oxygens (including phenoxy) is 2. The standard InChI is InChI=1S/C22H15F3N2O4S/c1-30-19-13-15(21(28)29)9-11-18(19)27-32-20-7-3-5-16(26-20)10-8-14-4-2-6-17(12-14)31-22(23,24)25/h2-7,9,11-13,27H,1H3,(H,28,29).